The zero-order chi connectivity index (χ0) is 20.1. The summed E-state index contributed by atoms with van der Waals surface area (Å²) >= 11 is 5.86. The molecule has 0 radical (unpaired) electrons. The number of carbonyl (C=O) groups is 1. The van der Waals surface area contributed by atoms with Gasteiger partial charge in [0.1, 0.15) is 0 Å². The smallest absolute Gasteiger partial charge is 0.240 e. The predicted molar refractivity (Wildman–Crippen MR) is 112 cm³/mol. The molecule has 2 aromatic carbocycles. The Morgan fingerprint density at radius 2 is 1.50 bits per heavy atom. The summed E-state index contributed by atoms with van der Waals surface area (Å²) in [6.45, 7) is 1.46. The van der Waals surface area contributed by atoms with Crippen molar-refractivity contribution in [1.29, 1.82) is 0 Å². The van der Waals surface area contributed by atoms with Crippen LogP contribution < -0.4 is 15.4 Å². The largest absolute Gasteiger partial charge is 0.381 e. The molecule has 28 heavy (non-hydrogen) atoms. The maximum atomic E-state index is 12.7. The summed E-state index contributed by atoms with van der Waals surface area (Å²) in [4.78, 5) is 11.3. The van der Waals surface area contributed by atoms with E-state index in [-0.39, 0.29) is 22.9 Å². The first-order valence-corrected chi connectivity index (χ1v) is 11.1. The highest BCUT2D eigenvalue weighted by molar-refractivity contribution is 7.89. The molecule has 3 rings (SSSR count). The van der Waals surface area contributed by atoms with Crippen LogP contribution in [0.4, 0.5) is 11.4 Å². The number of hydrogen-bond donors (Lipinski definition) is 3. The van der Waals surface area contributed by atoms with E-state index in [0.29, 0.717) is 5.02 Å². The van der Waals surface area contributed by atoms with Gasteiger partial charge in [0.25, 0.3) is 0 Å². The second-order valence-electron chi connectivity index (χ2n) is 6.98. The number of nitrogens with one attached hydrogen (secondary N) is 3. The predicted octanol–water partition coefficient (Wildman–Crippen LogP) is 4.00. The van der Waals surface area contributed by atoms with Crippen LogP contribution in [0.2, 0.25) is 5.02 Å². The highest BCUT2D eigenvalue weighted by Gasteiger charge is 2.29. The van der Waals surface area contributed by atoms with Crippen LogP contribution in [0, 0.1) is 0 Å². The molecule has 2 aromatic rings. The Bertz CT molecular complexity index is 915. The van der Waals surface area contributed by atoms with Gasteiger partial charge in [-0.25, -0.2) is 13.1 Å². The van der Waals surface area contributed by atoms with Crippen molar-refractivity contribution in [2.24, 2.45) is 0 Å². The van der Waals surface area contributed by atoms with Crippen molar-refractivity contribution in [3.8, 4) is 0 Å². The third-order valence-electron chi connectivity index (χ3n) is 4.75. The first-order valence-electron chi connectivity index (χ1n) is 9.25. The van der Waals surface area contributed by atoms with Crippen molar-refractivity contribution >= 4 is 38.9 Å². The molecular formula is C20H24ClN3O3S. The minimum absolute atomic E-state index is 0.0116. The van der Waals surface area contributed by atoms with Crippen molar-refractivity contribution < 1.29 is 13.2 Å². The molecule has 0 spiro atoms. The number of amides is 1. The molecule has 0 bridgehead atoms. The van der Waals surface area contributed by atoms with Crippen LogP contribution in [0.3, 0.4) is 0 Å². The fourth-order valence-corrected chi connectivity index (χ4v) is 4.83. The minimum atomic E-state index is -3.62. The summed E-state index contributed by atoms with van der Waals surface area (Å²) in [7, 11) is -3.62. The standard InChI is InChI=1S/C20H24ClN3O3S/c1-14(25)22-16-8-10-17(11-9-16)23-19-4-2-3-5-20(19)24-28(26,27)18-12-6-15(21)7-13-18/h6-13,19-20,23-24H,2-5H2,1H3,(H,22,25)/t19-,20-/m1/s1. The zero-order valence-electron chi connectivity index (χ0n) is 15.6. The third-order valence-corrected chi connectivity index (χ3v) is 6.51. The number of halogens is 1. The Morgan fingerprint density at radius 3 is 2.11 bits per heavy atom. The van der Waals surface area contributed by atoms with E-state index in [9.17, 15) is 13.2 Å². The van der Waals surface area contributed by atoms with Gasteiger partial charge < -0.3 is 10.6 Å². The van der Waals surface area contributed by atoms with Crippen molar-refractivity contribution in [3.63, 3.8) is 0 Å². The molecule has 1 saturated carbocycles. The Hall–Kier alpha value is -2.09. The monoisotopic (exact) mass is 421 g/mol. The summed E-state index contributed by atoms with van der Waals surface area (Å²) < 4.78 is 28.3. The fraction of sp³-hybridized carbons (Fsp3) is 0.350. The molecule has 0 aromatic heterocycles. The highest BCUT2D eigenvalue weighted by atomic mass is 35.5. The summed E-state index contributed by atoms with van der Waals surface area (Å²) in [6, 6.07) is 13.3. The molecule has 2 atom stereocenters. The molecule has 1 amide bonds. The van der Waals surface area contributed by atoms with Gasteiger partial charge in [0.15, 0.2) is 0 Å². The normalized spacial score (nSPS) is 19.8. The number of benzene rings is 2. The van der Waals surface area contributed by atoms with E-state index in [1.165, 1.54) is 19.1 Å². The minimum Gasteiger partial charge on any atom is -0.381 e. The molecule has 8 heteroatoms. The molecule has 3 N–H and O–H groups in total. The summed E-state index contributed by atoms with van der Waals surface area (Å²) in [5.74, 6) is -0.121. The van der Waals surface area contributed by atoms with Gasteiger partial charge in [0.2, 0.25) is 15.9 Å². The van der Waals surface area contributed by atoms with E-state index in [2.05, 4.69) is 15.4 Å². The number of rotatable bonds is 6. The lowest BCUT2D eigenvalue weighted by atomic mass is 9.91. The second kappa shape index (κ2) is 8.94. The lowest BCUT2D eigenvalue weighted by molar-refractivity contribution is -0.114. The summed E-state index contributed by atoms with van der Waals surface area (Å²) in [6.07, 6.45) is 3.67. The van der Waals surface area contributed by atoms with Gasteiger partial charge in [0.05, 0.1) is 4.90 Å². The molecule has 6 nitrogen and oxygen atoms in total. The maximum Gasteiger partial charge on any atom is 0.240 e. The van der Waals surface area contributed by atoms with Crippen molar-refractivity contribution in [2.75, 3.05) is 10.6 Å². The average Bonchev–Trinajstić information content (AvgIpc) is 2.65. The van der Waals surface area contributed by atoms with E-state index >= 15 is 0 Å². The van der Waals surface area contributed by atoms with Gasteiger partial charge in [-0.3, -0.25) is 4.79 Å². The van der Waals surface area contributed by atoms with Crippen molar-refractivity contribution in [2.45, 2.75) is 49.6 Å². The van der Waals surface area contributed by atoms with Crippen LogP contribution in [0.15, 0.2) is 53.4 Å². The van der Waals surface area contributed by atoms with Crippen LogP contribution in [0.25, 0.3) is 0 Å². The molecule has 0 saturated heterocycles. The Kier molecular flexibility index (Phi) is 6.59. The molecule has 1 fully saturated rings. The Labute approximate surface area is 170 Å². The van der Waals surface area contributed by atoms with E-state index in [0.717, 1.165) is 37.1 Å². The fourth-order valence-electron chi connectivity index (χ4n) is 3.39. The number of anilines is 2. The van der Waals surface area contributed by atoms with E-state index in [1.807, 2.05) is 24.3 Å². The Balaban J connectivity index is 1.70. The lowest BCUT2D eigenvalue weighted by Gasteiger charge is -2.33. The van der Waals surface area contributed by atoms with E-state index < -0.39 is 10.0 Å². The first-order chi connectivity index (χ1) is 13.3. The molecule has 0 heterocycles. The summed E-state index contributed by atoms with van der Waals surface area (Å²) in [5, 5.41) is 6.66. The van der Waals surface area contributed by atoms with E-state index in [4.69, 9.17) is 11.6 Å². The molecule has 1 aliphatic carbocycles. The first kappa shape index (κ1) is 20.6. The van der Waals surface area contributed by atoms with Crippen LogP contribution in [-0.2, 0) is 14.8 Å². The second-order valence-corrected chi connectivity index (χ2v) is 9.13. The third kappa shape index (κ3) is 5.47. The number of hydrogen-bond acceptors (Lipinski definition) is 4. The molecular weight excluding hydrogens is 398 g/mol. The number of sulfonamides is 1. The SMILES string of the molecule is CC(=O)Nc1ccc(N[C@@H]2CCCC[C@H]2NS(=O)(=O)c2ccc(Cl)cc2)cc1. The maximum absolute atomic E-state index is 12.7. The quantitative estimate of drug-likeness (QED) is 0.657. The van der Waals surface area contributed by atoms with Crippen LogP contribution >= 0.6 is 11.6 Å². The van der Waals surface area contributed by atoms with Gasteiger partial charge in [-0.1, -0.05) is 24.4 Å². The van der Waals surface area contributed by atoms with Gasteiger partial charge >= 0.3 is 0 Å². The zero-order valence-corrected chi connectivity index (χ0v) is 17.2. The average molecular weight is 422 g/mol. The van der Waals surface area contributed by atoms with Gasteiger partial charge in [0, 0.05) is 35.4 Å². The van der Waals surface area contributed by atoms with Gasteiger partial charge in [-0.2, -0.15) is 0 Å². The van der Waals surface area contributed by atoms with Crippen LogP contribution in [0.5, 0.6) is 0 Å². The topological polar surface area (TPSA) is 87.3 Å². The van der Waals surface area contributed by atoms with Gasteiger partial charge in [-0.05, 0) is 61.4 Å². The Morgan fingerprint density at radius 1 is 0.929 bits per heavy atom. The molecule has 1 aliphatic rings. The highest BCUT2D eigenvalue weighted by Crippen LogP contribution is 2.25. The van der Waals surface area contributed by atoms with Gasteiger partial charge in [-0.15, -0.1) is 0 Å². The molecule has 150 valence electrons. The van der Waals surface area contributed by atoms with Crippen LogP contribution in [0.1, 0.15) is 32.6 Å². The lowest BCUT2D eigenvalue weighted by Crippen LogP contribution is -2.48. The van der Waals surface area contributed by atoms with Crippen molar-refractivity contribution in [1.82, 2.24) is 4.72 Å². The number of carbonyl (C=O) groups excluding carboxylic acids is 1. The van der Waals surface area contributed by atoms with E-state index in [1.54, 1.807) is 12.1 Å². The molecule has 0 aliphatic heterocycles. The van der Waals surface area contributed by atoms with Crippen LogP contribution in [-0.4, -0.2) is 26.4 Å². The molecule has 0 unspecified atom stereocenters. The summed E-state index contributed by atoms with van der Waals surface area (Å²) in [5.41, 5.74) is 1.61. The van der Waals surface area contributed by atoms with Crippen molar-refractivity contribution in [3.05, 3.63) is 53.6 Å².